The normalized spacial score (nSPS) is 21.7. The van der Waals surface area contributed by atoms with Crippen LogP contribution in [0.2, 0.25) is 0 Å². The number of rotatable bonds is 11. The van der Waals surface area contributed by atoms with Crippen LogP contribution in [0.25, 0.3) is 0 Å². The molecule has 0 radical (unpaired) electrons. The number of benzene rings is 1. The summed E-state index contributed by atoms with van der Waals surface area (Å²) in [6, 6.07) is 6.98. The monoisotopic (exact) mass is 461 g/mol. The molecule has 32 heavy (non-hydrogen) atoms. The average molecular weight is 462 g/mol. The highest BCUT2D eigenvalue weighted by molar-refractivity contribution is 7.89. The van der Waals surface area contributed by atoms with E-state index in [2.05, 4.69) is 16.9 Å². The summed E-state index contributed by atoms with van der Waals surface area (Å²) < 4.78 is 24.4. The second kappa shape index (κ2) is 11.1. The zero-order chi connectivity index (χ0) is 23.1. The van der Waals surface area contributed by atoms with Gasteiger partial charge in [-0.1, -0.05) is 64.0 Å². The molecule has 1 aromatic rings. The average Bonchev–Trinajstić information content (AvgIpc) is 3.05. The molecule has 1 N–H and O–H groups in total. The number of unbranched alkanes of at least 4 members (excludes halogenated alkanes) is 5. The molecule has 2 atom stereocenters. The summed E-state index contributed by atoms with van der Waals surface area (Å²) in [5, 5.41) is 4.04. The first-order valence-corrected chi connectivity index (χ1v) is 13.5. The number of amides is 2. The van der Waals surface area contributed by atoms with E-state index in [9.17, 15) is 18.0 Å². The van der Waals surface area contributed by atoms with Crippen molar-refractivity contribution in [2.75, 3.05) is 10.7 Å². The number of carbonyl (C=O) groups excluding carboxylic acids is 2. The largest absolute Gasteiger partial charge is 0.274 e. The van der Waals surface area contributed by atoms with Crippen LogP contribution in [0.3, 0.4) is 0 Å². The molecule has 2 fully saturated rings. The molecule has 0 bridgehead atoms. The van der Waals surface area contributed by atoms with Gasteiger partial charge in [-0.3, -0.25) is 14.5 Å². The summed E-state index contributed by atoms with van der Waals surface area (Å²) in [5.41, 5.74) is 1.82. The van der Waals surface area contributed by atoms with E-state index in [4.69, 9.17) is 0 Å². The lowest BCUT2D eigenvalue weighted by atomic mass is 9.81. The first-order chi connectivity index (χ1) is 15.3. The SMILES string of the molecule is CCCCCCCCS(=O)(=O)N/N=C(/C)c1ccc(N2C(=O)[C@H]3CCCC[C@H]3C2=O)cc1. The summed E-state index contributed by atoms with van der Waals surface area (Å²) in [7, 11) is -3.46. The van der Waals surface area contributed by atoms with Gasteiger partial charge in [0.05, 0.1) is 29.0 Å². The Morgan fingerprint density at radius 3 is 2.12 bits per heavy atom. The minimum Gasteiger partial charge on any atom is -0.274 e. The molecule has 0 unspecified atom stereocenters. The molecular formula is C24H35N3O4S. The van der Waals surface area contributed by atoms with Crippen molar-refractivity contribution in [1.29, 1.82) is 0 Å². The van der Waals surface area contributed by atoms with Crippen LogP contribution in [0.15, 0.2) is 29.4 Å². The first-order valence-electron chi connectivity index (χ1n) is 11.9. The Labute approximate surface area is 191 Å². The van der Waals surface area contributed by atoms with Crippen LogP contribution >= 0.6 is 0 Å². The van der Waals surface area contributed by atoms with Gasteiger partial charge in [0.25, 0.3) is 0 Å². The van der Waals surface area contributed by atoms with Crippen LogP contribution in [0.5, 0.6) is 0 Å². The molecule has 0 aromatic heterocycles. The number of sulfonamides is 1. The zero-order valence-corrected chi connectivity index (χ0v) is 20.0. The Balaban J connectivity index is 1.56. The second-order valence-corrected chi connectivity index (χ2v) is 10.8. The van der Waals surface area contributed by atoms with Crippen molar-refractivity contribution in [3.8, 4) is 0 Å². The van der Waals surface area contributed by atoms with Gasteiger partial charge in [-0.05, 0) is 43.9 Å². The first kappa shape index (κ1) is 24.4. The fourth-order valence-corrected chi connectivity index (χ4v) is 5.54. The molecular weight excluding hydrogens is 426 g/mol. The lowest BCUT2D eigenvalue weighted by Gasteiger charge is -2.19. The molecule has 1 saturated heterocycles. The van der Waals surface area contributed by atoms with E-state index in [1.54, 1.807) is 31.2 Å². The smallest absolute Gasteiger partial charge is 0.247 e. The molecule has 8 heteroatoms. The number of imide groups is 1. The Bertz CT molecular complexity index is 916. The predicted molar refractivity (Wildman–Crippen MR) is 127 cm³/mol. The maximum Gasteiger partial charge on any atom is 0.247 e. The summed E-state index contributed by atoms with van der Waals surface area (Å²) in [6.45, 7) is 3.88. The third-order valence-electron chi connectivity index (χ3n) is 6.50. The third kappa shape index (κ3) is 5.97. The van der Waals surface area contributed by atoms with Gasteiger partial charge >= 0.3 is 0 Å². The van der Waals surface area contributed by atoms with Crippen molar-refractivity contribution >= 4 is 33.2 Å². The van der Waals surface area contributed by atoms with Gasteiger partial charge in [-0.2, -0.15) is 5.10 Å². The maximum atomic E-state index is 12.7. The van der Waals surface area contributed by atoms with Gasteiger partial charge in [0.15, 0.2) is 0 Å². The lowest BCUT2D eigenvalue weighted by molar-refractivity contribution is -0.122. The predicted octanol–water partition coefficient (Wildman–Crippen LogP) is 4.37. The number of hydrazone groups is 1. The van der Waals surface area contributed by atoms with E-state index in [0.717, 1.165) is 50.5 Å². The second-order valence-electron chi connectivity index (χ2n) is 8.93. The van der Waals surface area contributed by atoms with Crippen LogP contribution in [0, 0.1) is 11.8 Å². The van der Waals surface area contributed by atoms with Crippen LogP contribution in [0.4, 0.5) is 5.69 Å². The van der Waals surface area contributed by atoms with Gasteiger partial charge in [0.2, 0.25) is 21.8 Å². The molecule has 1 aliphatic heterocycles. The van der Waals surface area contributed by atoms with Gasteiger partial charge < -0.3 is 0 Å². The third-order valence-corrected chi connectivity index (χ3v) is 7.70. The van der Waals surface area contributed by atoms with Crippen molar-refractivity contribution < 1.29 is 18.0 Å². The maximum absolute atomic E-state index is 12.7. The molecule has 176 valence electrons. The molecule has 1 heterocycles. The van der Waals surface area contributed by atoms with Crippen molar-refractivity contribution in [1.82, 2.24) is 4.83 Å². The van der Waals surface area contributed by atoms with Crippen LogP contribution in [-0.2, 0) is 19.6 Å². The Kier molecular flexibility index (Phi) is 8.45. The fraction of sp³-hybridized carbons (Fsp3) is 0.625. The van der Waals surface area contributed by atoms with E-state index in [1.807, 2.05) is 0 Å². The molecule has 1 aliphatic carbocycles. The van der Waals surface area contributed by atoms with Gasteiger partial charge in [-0.25, -0.2) is 13.2 Å². The number of carbonyl (C=O) groups is 2. The standard InChI is InChI=1S/C24H35N3O4S/c1-3-4-5-6-7-10-17-32(30,31)26-25-18(2)19-13-15-20(16-14-19)27-23(28)21-11-8-9-12-22(21)24(27)29/h13-16,21-22,26H,3-12,17H2,1-2H3/b25-18-/t21-,22+. The summed E-state index contributed by atoms with van der Waals surface area (Å²) >= 11 is 0. The highest BCUT2D eigenvalue weighted by Crippen LogP contribution is 2.40. The van der Waals surface area contributed by atoms with Crippen LogP contribution in [-0.4, -0.2) is 31.7 Å². The minimum atomic E-state index is -3.46. The molecule has 7 nitrogen and oxygen atoms in total. The van der Waals surface area contributed by atoms with Gasteiger partial charge in [0, 0.05) is 0 Å². The topological polar surface area (TPSA) is 95.9 Å². The van der Waals surface area contributed by atoms with Crippen LogP contribution in [0.1, 0.15) is 83.6 Å². The summed E-state index contributed by atoms with van der Waals surface area (Å²) in [5.74, 6) is -0.489. The quantitative estimate of drug-likeness (QED) is 0.229. The Morgan fingerprint density at radius 1 is 0.969 bits per heavy atom. The highest BCUT2D eigenvalue weighted by Gasteiger charge is 2.48. The van der Waals surface area contributed by atoms with Gasteiger partial charge in [-0.15, -0.1) is 0 Å². The number of nitrogens with one attached hydrogen (secondary N) is 1. The van der Waals surface area contributed by atoms with Crippen molar-refractivity contribution in [3.63, 3.8) is 0 Å². The molecule has 1 saturated carbocycles. The zero-order valence-electron chi connectivity index (χ0n) is 19.2. The van der Waals surface area contributed by atoms with Crippen molar-refractivity contribution in [2.45, 2.75) is 78.1 Å². The Morgan fingerprint density at radius 2 is 1.53 bits per heavy atom. The van der Waals surface area contributed by atoms with E-state index in [1.165, 1.54) is 17.7 Å². The van der Waals surface area contributed by atoms with E-state index < -0.39 is 10.0 Å². The van der Waals surface area contributed by atoms with Crippen molar-refractivity contribution in [2.24, 2.45) is 16.9 Å². The number of nitrogens with zero attached hydrogens (tertiary/aromatic N) is 2. The minimum absolute atomic E-state index is 0.0658. The van der Waals surface area contributed by atoms with Crippen molar-refractivity contribution in [3.05, 3.63) is 29.8 Å². The number of anilines is 1. The Hall–Kier alpha value is -2.22. The fourth-order valence-electron chi connectivity index (χ4n) is 4.59. The number of fused-ring (bicyclic) bond motifs is 1. The van der Waals surface area contributed by atoms with E-state index in [0.29, 0.717) is 17.8 Å². The summed E-state index contributed by atoms with van der Waals surface area (Å²) in [6.07, 6.45) is 9.66. The van der Waals surface area contributed by atoms with Crippen LogP contribution < -0.4 is 9.73 Å². The molecule has 3 rings (SSSR count). The highest BCUT2D eigenvalue weighted by atomic mass is 32.2. The van der Waals surface area contributed by atoms with Gasteiger partial charge in [0.1, 0.15) is 0 Å². The molecule has 0 spiro atoms. The number of hydrogen-bond acceptors (Lipinski definition) is 5. The van der Waals surface area contributed by atoms with E-state index >= 15 is 0 Å². The molecule has 2 amide bonds. The summed E-state index contributed by atoms with van der Waals surface area (Å²) in [4.78, 5) is 29.1. The molecule has 1 aromatic carbocycles. The lowest BCUT2D eigenvalue weighted by Crippen LogP contribution is -2.30. The van der Waals surface area contributed by atoms with E-state index in [-0.39, 0.29) is 29.4 Å². The molecule has 2 aliphatic rings. The number of hydrogen-bond donors (Lipinski definition) is 1.